The van der Waals surface area contributed by atoms with Crippen LogP contribution in [0.1, 0.15) is 37.3 Å². The summed E-state index contributed by atoms with van der Waals surface area (Å²) < 4.78 is 0. The minimum absolute atomic E-state index is 0.125. The molecule has 0 unspecified atom stereocenters. The molecule has 3 atom stereocenters. The van der Waals surface area contributed by atoms with Crippen LogP contribution in [0.5, 0.6) is 0 Å². The molecule has 25 heavy (non-hydrogen) atoms. The first-order chi connectivity index (χ1) is 12.1. The first-order valence-electron chi connectivity index (χ1n) is 9.16. The van der Waals surface area contributed by atoms with Gasteiger partial charge in [-0.05, 0) is 72.4 Å². The van der Waals surface area contributed by atoms with Gasteiger partial charge in [-0.2, -0.15) is 0 Å². The van der Waals surface area contributed by atoms with Crippen LogP contribution in [0.2, 0.25) is 0 Å². The Labute approximate surface area is 153 Å². The molecule has 3 aliphatic rings. The lowest BCUT2D eigenvalue weighted by atomic mass is 9.90. The van der Waals surface area contributed by atoms with E-state index in [0.717, 1.165) is 36.1 Å². The van der Waals surface area contributed by atoms with E-state index in [2.05, 4.69) is 31.2 Å². The molecular formula is C21H23NO2S. The van der Waals surface area contributed by atoms with E-state index in [9.17, 15) is 9.59 Å². The molecule has 0 radical (unpaired) electrons. The number of rotatable bonds is 5. The minimum Gasteiger partial charge on any atom is -0.268 e. The molecule has 2 amide bonds. The molecule has 4 rings (SSSR count). The normalized spacial score (nSPS) is 29.4. The van der Waals surface area contributed by atoms with Crippen molar-refractivity contribution < 1.29 is 9.59 Å². The van der Waals surface area contributed by atoms with Crippen LogP contribution < -0.4 is 0 Å². The predicted molar refractivity (Wildman–Crippen MR) is 102 cm³/mol. The van der Waals surface area contributed by atoms with Gasteiger partial charge in [-0.25, -0.2) is 0 Å². The lowest BCUT2D eigenvalue weighted by Crippen LogP contribution is -2.30. The Morgan fingerprint density at radius 3 is 2.60 bits per heavy atom. The zero-order chi connectivity index (χ0) is 17.4. The summed E-state index contributed by atoms with van der Waals surface area (Å²) in [4.78, 5) is 26.9. The van der Waals surface area contributed by atoms with Gasteiger partial charge >= 0.3 is 0 Å². The monoisotopic (exact) mass is 353 g/mol. The maximum Gasteiger partial charge on any atom is 0.293 e. The number of hydrogen-bond acceptors (Lipinski definition) is 3. The predicted octanol–water partition coefficient (Wildman–Crippen LogP) is 4.89. The standard InChI is InChI=1S/C21H23NO2S/c1-2-14-3-5-15(6-4-14)13-19-20(23)22(21(24)25-19)10-9-18-12-16-7-8-17(18)11-16/h3-8,13,16-18H,2,9-12H2,1H3/b19-13-/t16-,17+,18-/m1/s1. The van der Waals surface area contributed by atoms with E-state index in [1.54, 1.807) is 0 Å². The fraction of sp³-hybridized carbons (Fsp3) is 0.429. The third-order valence-electron chi connectivity index (χ3n) is 5.70. The molecule has 2 bridgehead atoms. The molecule has 1 aromatic rings. The Morgan fingerprint density at radius 1 is 1.16 bits per heavy atom. The number of fused-ring (bicyclic) bond motifs is 2. The Hall–Kier alpha value is -1.81. The van der Waals surface area contributed by atoms with E-state index < -0.39 is 0 Å². The molecule has 3 nitrogen and oxygen atoms in total. The number of carbonyl (C=O) groups is 2. The zero-order valence-corrected chi connectivity index (χ0v) is 15.3. The summed E-state index contributed by atoms with van der Waals surface area (Å²) in [6.07, 6.45) is 10.9. The summed E-state index contributed by atoms with van der Waals surface area (Å²) in [5.74, 6) is 1.90. The van der Waals surface area contributed by atoms with Crippen molar-refractivity contribution in [3.8, 4) is 0 Å². The highest BCUT2D eigenvalue weighted by Crippen LogP contribution is 2.45. The smallest absolute Gasteiger partial charge is 0.268 e. The average molecular weight is 353 g/mol. The van der Waals surface area contributed by atoms with Crippen LogP contribution in [0.25, 0.3) is 6.08 Å². The Bertz CT molecular complexity index is 750. The number of aryl methyl sites for hydroxylation is 1. The number of hydrogen-bond donors (Lipinski definition) is 0. The maximum atomic E-state index is 12.6. The van der Waals surface area contributed by atoms with Crippen LogP contribution in [0.15, 0.2) is 41.3 Å². The summed E-state index contributed by atoms with van der Waals surface area (Å²) in [6.45, 7) is 2.67. The number of allylic oxidation sites excluding steroid dienone is 2. The number of benzene rings is 1. The van der Waals surface area contributed by atoms with Gasteiger partial charge in [0.25, 0.3) is 11.1 Å². The second-order valence-electron chi connectivity index (χ2n) is 7.26. The van der Waals surface area contributed by atoms with Crippen molar-refractivity contribution in [1.82, 2.24) is 4.90 Å². The van der Waals surface area contributed by atoms with Crippen molar-refractivity contribution in [3.05, 3.63) is 52.4 Å². The maximum absolute atomic E-state index is 12.6. The second kappa shape index (κ2) is 6.83. The first kappa shape index (κ1) is 16.6. The molecule has 1 aliphatic heterocycles. The summed E-state index contributed by atoms with van der Waals surface area (Å²) in [6, 6.07) is 8.15. The van der Waals surface area contributed by atoms with Crippen molar-refractivity contribution in [3.63, 3.8) is 0 Å². The van der Waals surface area contributed by atoms with E-state index in [1.807, 2.05) is 18.2 Å². The summed E-state index contributed by atoms with van der Waals surface area (Å²) in [5, 5.41) is -0.125. The van der Waals surface area contributed by atoms with Gasteiger partial charge in [-0.3, -0.25) is 14.5 Å². The van der Waals surface area contributed by atoms with Gasteiger partial charge < -0.3 is 0 Å². The molecule has 1 saturated heterocycles. The number of imide groups is 1. The number of nitrogens with zero attached hydrogens (tertiary/aromatic N) is 1. The van der Waals surface area contributed by atoms with E-state index in [-0.39, 0.29) is 11.1 Å². The van der Waals surface area contributed by atoms with Gasteiger partial charge in [0.2, 0.25) is 0 Å². The molecule has 1 aromatic carbocycles. The van der Waals surface area contributed by atoms with Crippen LogP contribution in [-0.2, 0) is 11.2 Å². The van der Waals surface area contributed by atoms with Crippen molar-refractivity contribution >= 4 is 29.0 Å². The van der Waals surface area contributed by atoms with Gasteiger partial charge in [0.15, 0.2) is 0 Å². The van der Waals surface area contributed by atoms with E-state index >= 15 is 0 Å². The second-order valence-corrected chi connectivity index (χ2v) is 8.25. The van der Waals surface area contributed by atoms with Crippen LogP contribution in [0.4, 0.5) is 4.79 Å². The topological polar surface area (TPSA) is 37.4 Å². The molecule has 0 spiro atoms. The quantitative estimate of drug-likeness (QED) is 0.559. The number of carbonyl (C=O) groups excluding carboxylic acids is 2. The lowest BCUT2D eigenvalue weighted by Gasteiger charge is -2.20. The average Bonchev–Trinajstić information content (AvgIpc) is 3.30. The third-order valence-corrected chi connectivity index (χ3v) is 6.61. The highest BCUT2D eigenvalue weighted by molar-refractivity contribution is 8.18. The van der Waals surface area contributed by atoms with Crippen LogP contribution in [0.3, 0.4) is 0 Å². The molecule has 2 fully saturated rings. The highest BCUT2D eigenvalue weighted by Gasteiger charge is 2.38. The largest absolute Gasteiger partial charge is 0.293 e. The Balaban J connectivity index is 1.41. The first-order valence-corrected chi connectivity index (χ1v) is 9.98. The third kappa shape index (κ3) is 3.32. The van der Waals surface area contributed by atoms with Crippen molar-refractivity contribution in [2.45, 2.75) is 32.6 Å². The van der Waals surface area contributed by atoms with Crippen molar-refractivity contribution in [1.29, 1.82) is 0 Å². The Kier molecular flexibility index (Phi) is 4.55. The SMILES string of the molecule is CCc1ccc(/C=C2\SC(=O)N(CC[C@@H]3C[C@@H]4C=C[C@H]3C4)C2=O)cc1. The fourth-order valence-electron chi connectivity index (χ4n) is 4.22. The van der Waals surface area contributed by atoms with Crippen molar-refractivity contribution in [2.75, 3.05) is 6.54 Å². The van der Waals surface area contributed by atoms with Crippen LogP contribution >= 0.6 is 11.8 Å². The van der Waals surface area contributed by atoms with Gasteiger partial charge in [0, 0.05) is 6.54 Å². The summed E-state index contributed by atoms with van der Waals surface area (Å²) >= 11 is 1.07. The van der Waals surface area contributed by atoms with Crippen LogP contribution in [-0.4, -0.2) is 22.6 Å². The van der Waals surface area contributed by atoms with Gasteiger partial charge in [-0.1, -0.05) is 43.3 Å². The molecule has 1 heterocycles. The summed E-state index contributed by atoms with van der Waals surface area (Å²) in [7, 11) is 0. The van der Waals surface area contributed by atoms with Crippen LogP contribution in [0, 0.1) is 17.8 Å². The molecular weight excluding hydrogens is 330 g/mol. The molecule has 0 aromatic heterocycles. The number of thioether (sulfide) groups is 1. The van der Waals surface area contributed by atoms with Crippen molar-refractivity contribution in [2.24, 2.45) is 17.8 Å². The molecule has 1 saturated carbocycles. The van der Waals surface area contributed by atoms with E-state index in [0.29, 0.717) is 23.3 Å². The fourth-order valence-corrected chi connectivity index (χ4v) is 5.08. The van der Waals surface area contributed by atoms with Gasteiger partial charge in [0.05, 0.1) is 4.91 Å². The molecule has 0 N–H and O–H groups in total. The lowest BCUT2D eigenvalue weighted by molar-refractivity contribution is -0.122. The van der Waals surface area contributed by atoms with Gasteiger partial charge in [-0.15, -0.1) is 0 Å². The van der Waals surface area contributed by atoms with E-state index in [4.69, 9.17) is 0 Å². The van der Waals surface area contributed by atoms with E-state index in [1.165, 1.54) is 23.3 Å². The molecule has 2 aliphatic carbocycles. The number of amides is 2. The van der Waals surface area contributed by atoms with Gasteiger partial charge in [0.1, 0.15) is 0 Å². The molecule has 130 valence electrons. The minimum atomic E-state index is -0.131. The Morgan fingerprint density at radius 2 is 1.96 bits per heavy atom. The highest BCUT2D eigenvalue weighted by atomic mass is 32.2. The summed E-state index contributed by atoms with van der Waals surface area (Å²) in [5.41, 5.74) is 2.24. The molecule has 4 heteroatoms. The zero-order valence-electron chi connectivity index (χ0n) is 14.5.